The third-order valence-corrected chi connectivity index (χ3v) is 6.73. The van der Waals surface area contributed by atoms with Crippen molar-refractivity contribution in [2.24, 2.45) is 0 Å². The van der Waals surface area contributed by atoms with Crippen LogP contribution in [0, 0.1) is 6.92 Å². The zero-order chi connectivity index (χ0) is 26.6. The molecule has 0 atom stereocenters. The Morgan fingerprint density at radius 2 is 1.78 bits per heavy atom. The molecular weight excluding hydrogens is 546 g/mol. The van der Waals surface area contributed by atoms with Crippen molar-refractivity contribution in [3.8, 4) is 5.69 Å². The van der Waals surface area contributed by atoms with Gasteiger partial charge in [0, 0.05) is 16.5 Å². The Bertz CT molecular complexity index is 1410. The predicted octanol–water partition coefficient (Wildman–Crippen LogP) is 7.52. The van der Waals surface area contributed by atoms with Crippen molar-refractivity contribution in [3.63, 3.8) is 0 Å². The second-order valence-corrected chi connectivity index (χ2v) is 9.78. The van der Waals surface area contributed by atoms with E-state index in [1.165, 1.54) is 23.9 Å². The summed E-state index contributed by atoms with van der Waals surface area (Å²) in [4.78, 5) is 12.4. The fourth-order valence-corrected chi connectivity index (χ4v) is 4.71. The van der Waals surface area contributed by atoms with Crippen LogP contribution in [0.2, 0.25) is 10.0 Å². The lowest BCUT2D eigenvalue weighted by molar-refractivity contribution is -0.137. The molecule has 3 aromatic carbocycles. The fourth-order valence-electron chi connectivity index (χ4n) is 3.43. The Morgan fingerprint density at radius 3 is 2.49 bits per heavy atom. The van der Waals surface area contributed by atoms with Crippen LogP contribution in [0.15, 0.2) is 71.9 Å². The first-order valence-corrected chi connectivity index (χ1v) is 12.6. The molecule has 0 saturated carbocycles. The first-order valence-electron chi connectivity index (χ1n) is 10.9. The largest absolute Gasteiger partial charge is 0.416 e. The molecule has 0 fully saturated rings. The van der Waals surface area contributed by atoms with Crippen LogP contribution in [0.25, 0.3) is 5.69 Å². The van der Waals surface area contributed by atoms with Gasteiger partial charge in [-0.2, -0.15) is 13.2 Å². The number of rotatable bonds is 7. The van der Waals surface area contributed by atoms with Crippen LogP contribution in [0.3, 0.4) is 0 Å². The molecule has 0 unspecified atom stereocenters. The number of alkyl halides is 3. The number of aromatic nitrogens is 3. The summed E-state index contributed by atoms with van der Waals surface area (Å²) in [5, 5.41) is 15.1. The Morgan fingerprint density at radius 1 is 1.03 bits per heavy atom. The van der Waals surface area contributed by atoms with Gasteiger partial charge in [-0.05, 0) is 55.0 Å². The summed E-state index contributed by atoms with van der Waals surface area (Å²) in [6.07, 6.45) is -4.46. The molecule has 0 spiro atoms. The maximum atomic E-state index is 12.8. The number of urea groups is 1. The highest BCUT2D eigenvalue weighted by atomic mass is 35.5. The first kappa shape index (κ1) is 26.8. The molecular formula is C25H20Cl2F3N5OS. The summed E-state index contributed by atoms with van der Waals surface area (Å²) in [6, 6.07) is 16.6. The van der Waals surface area contributed by atoms with Gasteiger partial charge in [-0.15, -0.1) is 10.2 Å². The molecule has 0 aliphatic heterocycles. The SMILES string of the molecule is Cc1cccc(CSc2nnc(CNC(=O)Nc3ccc(C(F)(F)F)cc3)n2-c2cc(Cl)ccc2Cl)c1. The maximum absolute atomic E-state index is 12.8. The van der Waals surface area contributed by atoms with E-state index < -0.39 is 17.8 Å². The average Bonchev–Trinajstić information content (AvgIpc) is 3.25. The topological polar surface area (TPSA) is 71.8 Å². The smallest absolute Gasteiger partial charge is 0.331 e. The highest BCUT2D eigenvalue weighted by molar-refractivity contribution is 7.98. The summed E-state index contributed by atoms with van der Waals surface area (Å²) >= 11 is 14.1. The van der Waals surface area contributed by atoms with Crippen LogP contribution in [0.5, 0.6) is 0 Å². The van der Waals surface area contributed by atoms with Gasteiger partial charge in [0.1, 0.15) is 0 Å². The molecule has 1 aromatic heterocycles. The Balaban J connectivity index is 1.52. The molecule has 0 aliphatic carbocycles. The van der Waals surface area contributed by atoms with Crippen molar-refractivity contribution in [2.75, 3.05) is 5.32 Å². The van der Waals surface area contributed by atoms with E-state index in [-0.39, 0.29) is 12.2 Å². The van der Waals surface area contributed by atoms with E-state index in [0.717, 1.165) is 23.3 Å². The number of hydrogen-bond donors (Lipinski definition) is 2. The van der Waals surface area contributed by atoms with Crippen molar-refractivity contribution in [2.45, 2.75) is 30.6 Å². The third-order valence-electron chi connectivity index (χ3n) is 5.18. The Kier molecular flexibility index (Phi) is 8.31. The van der Waals surface area contributed by atoms with Crippen molar-refractivity contribution < 1.29 is 18.0 Å². The number of hydrogen-bond acceptors (Lipinski definition) is 4. The summed E-state index contributed by atoms with van der Waals surface area (Å²) in [6.45, 7) is 1.98. The molecule has 0 radical (unpaired) electrons. The van der Waals surface area contributed by atoms with Gasteiger partial charge in [0.2, 0.25) is 0 Å². The van der Waals surface area contributed by atoms with E-state index in [1.54, 1.807) is 22.8 Å². The number of carbonyl (C=O) groups excluding carboxylic acids is 1. The molecule has 0 aliphatic rings. The minimum absolute atomic E-state index is 0.0344. The monoisotopic (exact) mass is 565 g/mol. The Labute approximate surface area is 225 Å². The Hall–Kier alpha value is -3.21. The zero-order valence-corrected chi connectivity index (χ0v) is 21.6. The number of thioether (sulfide) groups is 1. The number of aryl methyl sites for hydroxylation is 1. The maximum Gasteiger partial charge on any atom is 0.416 e. The molecule has 1 heterocycles. The second kappa shape index (κ2) is 11.5. The highest BCUT2D eigenvalue weighted by Gasteiger charge is 2.30. The van der Waals surface area contributed by atoms with Gasteiger partial charge in [0.05, 0.1) is 22.8 Å². The molecule has 37 heavy (non-hydrogen) atoms. The summed E-state index contributed by atoms with van der Waals surface area (Å²) < 4.78 is 40.0. The van der Waals surface area contributed by atoms with Crippen LogP contribution in [-0.2, 0) is 18.5 Å². The number of nitrogens with zero attached hydrogens (tertiary/aromatic N) is 3. The summed E-state index contributed by atoms with van der Waals surface area (Å²) in [5.41, 5.74) is 2.19. The van der Waals surface area contributed by atoms with Crippen LogP contribution < -0.4 is 10.6 Å². The van der Waals surface area contributed by atoms with Crippen molar-refractivity contribution >= 4 is 46.7 Å². The van der Waals surface area contributed by atoms with Gasteiger partial charge in [-0.25, -0.2) is 4.79 Å². The van der Waals surface area contributed by atoms with Crippen molar-refractivity contribution in [1.82, 2.24) is 20.1 Å². The fraction of sp³-hybridized carbons (Fsp3) is 0.160. The highest BCUT2D eigenvalue weighted by Crippen LogP contribution is 2.32. The van der Waals surface area contributed by atoms with Gasteiger partial charge >= 0.3 is 12.2 Å². The van der Waals surface area contributed by atoms with Gasteiger partial charge in [0.25, 0.3) is 0 Å². The van der Waals surface area contributed by atoms with Gasteiger partial charge in [0.15, 0.2) is 11.0 Å². The van der Waals surface area contributed by atoms with E-state index in [4.69, 9.17) is 23.2 Å². The number of halogens is 5. The number of carbonyl (C=O) groups is 1. The van der Waals surface area contributed by atoms with E-state index >= 15 is 0 Å². The molecule has 6 nitrogen and oxygen atoms in total. The lowest BCUT2D eigenvalue weighted by Crippen LogP contribution is -2.29. The van der Waals surface area contributed by atoms with Crippen molar-refractivity contribution in [3.05, 3.63) is 99.3 Å². The minimum Gasteiger partial charge on any atom is -0.331 e. The predicted molar refractivity (Wildman–Crippen MR) is 139 cm³/mol. The normalized spacial score (nSPS) is 11.4. The van der Waals surface area contributed by atoms with Crippen LogP contribution in [-0.4, -0.2) is 20.8 Å². The molecule has 192 valence electrons. The van der Waals surface area contributed by atoms with E-state index in [9.17, 15) is 18.0 Å². The molecule has 4 rings (SSSR count). The lowest BCUT2D eigenvalue weighted by atomic mass is 10.2. The van der Waals surface area contributed by atoms with Crippen molar-refractivity contribution in [1.29, 1.82) is 0 Å². The van der Waals surface area contributed by atoms with E-state index in [1.807, 2.05) is 25.1 Å². The van der Waals surface area contributed by atoms with Crippen LogP contribution in [0.1, 0.15) is 22.5 Å². The van der Waals surface area contributed by atoms with E-state index in [2.05, 4.69) is 26.9 Å². The third kappa shape index (κ3) is 6.97. The number of amides is 2. The van der Waals surface area contributed by atoms with Gasteiger partial charge in [-0.1, -0.05) is 64.8 Å². The van der Waals surface area contributed by atoms with Gasteiger partial charge < -0.3 is 10.6 Å². The summed E-state index contributed by atoms with van der Waals surface area (Å²) in [5.74, 6) is 1.01. The minimum atomic E-state index is -4.46. The lowest BCUT2D eigenvalue weighted by Gasteiger charge is -2.13. The molecule has 4 aromatic rings. The average molecular weight is 566 g/mol. The van der Waals surface area contributed by atoms with Crippen LogP contribution >= 0.6 is 35.0 Å². The molecule has 2 amide bonds. The summed E-state index contributed by atoms with van der Waals surface area (Å²) in [7, 11) is 0. The molecule has 0 bridgehead atoms. The standard InChI is InChI=1S/C25H20Cl2F3N5OS/c1-15-3-2-4-16(11-15)14-37-24-34-33-22(35(24)21-12-18(26)7-10-20(21)27)13-31-23(36)32-19-8-5-17(6-9-19)25(28,29)30/h2-12H,13-14H2,1H3,(H2,31,32,36). The number of benzene rings is 3. The molecule has 12 heteroatoms. The van der Waals surface area contributed by atoms with Crippen LogP contribution in [0.4, 0.5) is 23.7 Å². The second-order valence-electron chi connectivity index (χ2n) is 7.99. The molecule has 2 N–H and O–H groups in total. The van der Waals surface area contributed by atoms with Gasteiger partial charge in [-0.3, -0.25) is 4.57 Å². The number of anilines is 1. The van der Waals surface area contributed by atoms with E-state index in [0.29, 0.717) is 32.5 Å². The quantitative estimate of drug-likeness (QED) is 0.227. The zero-order valence-electron chi connectivity index (χ0n) is 19.3. The first-order chi connectivity index (χ1) is 17.6. The molecule has 0 saturated heterocycles. The number of nitrogens with one attached hydrogen (secondary N) is 2.